The molecule has 0 saturated heterocycles. The molecule has 0 unspecified atom stereocenters. The molecule has 1 aromatic heterocycles. The van der Waals surface area contributed by atoms with E-state index in [1.807, 2.05) is 0 Å². The Morgan fingerprint density at radius 3 is 1.92 bits per heavy atom. The highest BCUT2D eigenvalue weighted by molar-refractivity contribution is 7.89. The molecule has 1 rings (SSSR count). The Morgan fingerprint density at radius 1 is 1.25 bits per heavy atom. The van der Waals surface area contributed by atoms with Gasteiger partial charge in [-0.25, -0.2) is 23.5 Å². The first-order valence-corrected chi connectivity index (χ1v) is 4.92. The van der Waals surface area contributed by atoms with Gasteiger partial charge in [0, 0.05) is 0 Å². The van der Waals surface area contributed by atoms with Gasteiger partial charge in [-0.2, -0.15) is 0 Å². The molecule has 0 aliphatic heterocycles. The van der Waals surface area contributed by atoms with Gasteiger partial charge in [-0.05, 0) is 0 Å². The van der Waals surface area contributed by atoms with Crippen molar-refractivity contribution in [3.8, 4) is 0 Å². The fraction of sp³-hybridized carbons (Fsp3) is 0. The molecule has 0 radical (unpaired) electrons. The van der Waals surface area contributed by atoms with E-state index in [4.69, 9.17) is 28.3 Å². The van der Waals surface area contributed by atoms with Gasteiger partial charge in [-0.3, -0.25) is 0 Å². The Bertz CT molecular complexity index is 385. The largest absolute Gasteiger partial charge is 0.244 e. The zero-order valence-corrected chi connectivity index (χ0v) is 7.86. The summed E-state index contributed by atoms with van der Waals surface area (Å²) >= 11 is 10.8. The first-order valence-electron chi connectivity index (χ1n) is 2.61. The maximum Gasteiger partial charge on any atom is 0.244 e. The molecule has 0 aromatic carbocycles. The number of rotatable bonds is 1. The third-order valence-corrected chi connectivity index (χ3v) is 2.75. The van der Waals surface area contributed by atoms with Crippen LogP contribution in [0.1, 0.15) is 0 Å². The van der Waals surface area contributed by atoms with Crippen molar-refractivity contribution in [3.63, 3.8) is 0 Å². The average molecular weight is 228 g/mol. The standard InChI is InChI=1S/C4H3Cl2N3O2S/c5-3-2(12(7,10)11)4(6)9-1-8-3/h1H,(H2,7,10,11). The monoisotopic (exact) mass is 227 g/mol. The maximum absolute atomic E-state index is 10.8. The number of sulfonamides is 1. The van der Waals surface area contributed by atoms with Crippen LogP contribution in [0.4, 0.5) is 0 Å². The highest BCUT2D eigenvalue weighted by Gasteiger charge is 2.18. The van der Waals surface area contributed by atoms with Gasteiger partial charge in [0.2, 0.25) is 10.0 Å². The molecule has 1 aromatic rings. The lowest BCUT2D eigenvalue weighted by Crippen LogP contribution is -2.14. The first kappa shape index (κ1) is 9.66. The van der Waals surface area contributed by atoms with Crippen LogP contribution in [0.5, 0.6) is 0 Å². The molecule has 2 N–H and O–H groups in total. The lowest BCUT2D eigenvalue weighted by molar-refractivity contribution is 0.597. The van der Waals surface area contributed by atoms with Gasteiger partial charge in [0.25, 0.3) is 0 Å². The Balaban J connectivity index is 3.53. The van der Waals surface area contributed by atoms with E-state index in [1.54, 1.807) is 0 Å². The second kappa shape index (κ2) is 3.14. The Morgan fingerprint density at radius 2 is 1.67 bits per heavy atom. The van der Waals surface area contributed by atoms with E-state index in [0.717, 1.165) is 6.33 Å². The van der Waals surface area contributed by atoms with Crippen LogP contribution in [0.3, 0.4) is 0 Å². The summed E-state index contributed by atoms with van der Waals surface area (Å²) in [4.78, 5) is 6.38. The van der Waals surface area contributed by atoms with Crippen LogP contribution < -0.4 is 5.14 Å². The number of nitrogens with two attached hydrogens (primary N) is 1. The van der Waals surface area contributed by atoms with E-state index >= 15 is 0 Å². The van der Waals surface area contributed by atoms with E-state index < -0.39 is 14.9 Å². The molecule has 5 nitrogen and oxygen atoms in total. The van der Waals surface area contributed by atoms with Crippen molar-refractivity contribution in [2.45, 2.75) is 4.90 Å². The van der Waals surface area contributed by atoms with Gasteiger partial charge in [0.1, 0.15) is 6.33 Å². The zero-order chi connectivity index (χ0) is 9.35. The van der Waals surface area contributed by atoms with Gasteiger partial charge in [-0.15, -0.1) is 0 Å². The normalized spacial score (nSPS) is 11.6. The molecule has 0 atom stereocenters. The molecule has 0 saturated carbocycles. The quantitative estimate of drug-likeness (QED) is 0.706. The second-order valence-corrected chi connectivity index (χ2v) is 4.04. The van der Waals surface area contributed by atoms with Crippen LogP contribution in [0.25, 0.3) is 0 Å². The predicted molar refractivity (Wildman–Crippen MR) is 43.4 cm³/mol. The molecule has 8 heteroatoms. The molecule has 66 valence electrons. The lowest BCUT2D eigenvalue weighted by atomic mass is 10.7. The van der Waals surface area contributed by atoms with Crippen molar-refractivity contribution in [2.75, 3.05) is 0 Å². The number of aromatic nitrogens is 2. The van der Waals surface area contributed by atoms with Crippen molar-refractivity contribution in [1.82, 2.24) is 9.97 Å². The van der Waals surface area contributed by atoms with Crippen LogP contribution >= 0.6 is 23.2 Å². The molecular formula is C4H3Cl2N3O2S. The fourth-order valence-corrected chi connectivity index (χ4v) is 2.10. The summed E-state index contributed by atoms with van der Waals surface area (Å²) in [6, 6.07) is 0. The van der Waals surface area contributed by atoms with Gasteiger partial charge in [0.05, 0.1) is 0 Å². The Labute approximate surface area is 78.6 Å². The maximum atomic E-state index is 10.8. The van der Waals surface area contributed by atoms with Crippen LogP contribution in [0, 0.1) is 0 Å². The van der Waals surface area contributed by atoms with Crippen molar-refractivity contribution < 1.29 is 8.42 Å². The van der Waals surface area contributed by atoms with E-state index in [2.05, 4.69) is 9.97 Å². The summed E-state index contributed by atoms with van der Waals surface area (Å²) < 4.78 is 21.6. The SMILES string of the molecule is NS(=O)(=O)c1c(Cl)ncnc1Cl. The van der Waals surface area contributed by atoms with Crippen molar-refractivity contribution >= 4 is 33.2 Å². The van der Waals surface area contributed by atoms with E-state index in [1.165, 1.54) is 0 Å². The summed E-state index contributed by atoms with van der Waals surface area (Å²) in [6.45, 7) is 0. The Hall–Kier alpha value is -0.430. The molecule has 0 amide bonds. The van der Waals surface area contributed by atoms with Gasteiger partial charge >= 0.3 is 0 Å². The van der Waals surface area contributed by atoms with Crippen LogP contribution in [-0.2, 0) is 10.0 Å². The summed E-state index contributed by atoms with van der Waals surface area (Å²) in [5.41, 5.74) is 0. The molecule has 12 heavy (non-hydrogen) atoms. The minimum atomic E-state index is -3.95. The second-order valence-electron chi connectivity index (χ2n) is 1.83. The lowest BCUT2D eigenvalue weighted by Gasteiger charge is -2.00. The molecule has 0 aliphatic rings. The highest BCUT2D eigenvalue weighted by Crippen LogP contribution is 2.23. The fourth-order valence-electron chi connectivity index (χ4n) is 0.567. The van der Waals surface area contributed by atoms with Gasteiger partial charge in [-0.1, -0.05) is 23.2 Å². The predicted octanol–water partition coefficient (Wildman–Crippen LogP) is 0.431. The van der Waals surface area contributed by atoms with Crippen LogP contribution in [0.15, 0.2) is 11.2 Å². The summed E-state index contributed by atoms with van der Waals surface area (Å²) in [7, 11) is -3.95. The molecule has 0 bridgehead atoms. The zero-order valence-electron chi connectivity index (χ0n) is 5.53. The summed E-state index contributed by atoms with van der Waals surface area (Å²) in [5.74, 6) is 0. The van der Waals surface area contributed by atoms with Gasteiger partial charge in [0.15, 0.2) is 15.2 Å². The average Bonchev–Trinajstić information content (AvgIpc) is 1.82. The van der Waals surface area contributed by atoms with Gasteiger partial charge < -0.3 is 0 Å². The minimum absolute atomic E-state index is 0.280. The molecular weight excluding hydrogens is 225 g/mol. The first-order chi connectivity index (χ1) is 5.43. The summed E-state index contributed by atoms with van der Waals surface area (Å²) in [5, 5.41) is 4.22. The van der Waals surface area contributed by atoms with Crippen molar-refractivity contribution in [1.29, 1.82) is 0 Å². The number of primary sulfonamides is 1. The summed E-state index contributed by atoms with van der Waals surface area (Å²) in [6.07, 6.45) is 1.04. The number of hydrogen-bond acceptors (Lipinski definition) is 4. The number of hydrogen-bond donors (Lipinski definition) is 1. The third kappa shape index (κ3) is 1.84. The molecule has 1 heterocycles. The van der Waals surface area contributed by atoms with E-state index in [-0.39, 0.29) is 10.3 Å². The molecule has 0 spiro atoms. The van der Waals surface area contributed by atoms with Crippen molar-refractivity contribution in [3.05, 3.63) is 16.6 Å². The van der Waals surface area contributed by atoms with Crippen LogP contribution in [0.2, 0.25) is 10.3 Å². The van der Waals surface area contributed by atoms with Crippen molar-refractivity contribution in [2.24, 2.45) is 5.14 Å². The highest BCUT2D eigenvalue weighted by atomic mass is 35.5. The molecule has 0 aliphatic carbocycles. The molecule has 0 fully saturated rings. The third-order valence-electron chi connectivity index (χ3n) is 1.00. The van der Waals surface area contributed by atoms with E-state index in [9.17, 15) is 8.42 Å². The topological polar surface area (TPSA) is 85.9 Å². The number of halogens is 2. The van der Waals surface area contributed by atoms with Crippen LogP contribution in [-0.4, -0.2) is 18.4 Å². The Kier molecular flexibility index (Phi) is 2.52. The smallest absolute Gasteiger partial charge is 0.224 e. The minimum Gasteiger partial charge on any atom is -0.224 e. The van der Waals surface area contributed by atoms with E-state index in [0.29, 0.717) is 0 Å². The number of nitrogens with zero attached hydrogens (tertiary/aromatic N) is 2.